The van der Waals surface area contributed by atoms with Gasteiger partial charge in [-0.15, -0.1) is 10.2 Å². The number of piperidine rings is 2. The van der Waals surface area contributed by atoms with E-state index in [-0.39, 0.29) is 0 Å². The van der Waals surface area contributed by atoms with Gasteiger partial charge in [-0.2, -0.15) is 0 Å². The van der Waals surface area contributed by atoms with E-state index in [0.717, 1.165) is 25.5 Å². The van der Waals surface area contributed by atoms with Crippen molar-refractivity contribution in [3.8, 4) is 0 Å². The Bertz CT molecular complexity index is 730. The summed E-state index contributed by atoms with van der Waals surface area (Å²) < 4.78 is 2.27. The Kier molecular flexibility index (Phi) is 5.89. The maximum absolute atomic E-state index is 4.62. The zero-order valence-electron chi connectivity index (χ0n) is 16.9. The van der Waals surface area contributed by atoms with Crippen LogP contribution in [-0.4, -0.2) is 50.7 Å². The van der Waals surface area contributed by atoms with Crippen LogP contribution in [0.3, 0.4) is 0 Å². The minimum atomic E-state index is 0.497. The summed E-state index contributed by atoms with van der Waals surface area (Å²) in [6.45, 7) is 8.81. The van der Waals surface area contributed by atoms with Crippen LogP contribution in [0.15, 0.2) is 24.3 Å². The summed E-state index contributed by atoms with van der Waals surface area (Å²) in [4.78, 5) is 5.11. The monoisotopic (exact) mass is 367 g/mol. The summed E-state index contributed by atoms with van der Waals surface area (Å²) in [5.41, 5.74) is 2.74. The molecule has 146 valence electrons. The average molecular weight is 368 g/mol. The number of aromatic nitrogens is 3. The Morgan fingerprint density at radius 3 is 2.41 bits per heavy atom. The quantitative estimate of drug-likeness (QED) is 0.811. The van der Waals surface area contributed by atoms with Crippen molar-refractivity contribution in [1.82, 2.24) is 24.6 Å². The van der Waals surface area contributed by atoms with Crippen LogP contribution in [0.1, 0.15) is 60.8 Å². The lowest BCUT2D eigenvalue weighted by Gasteiger charge is -2.32. The van der Waals surface area contributed by atoms with E-state index in [1.807, 2.05) is 0 Å². The van der Waals surface area contributed by atoms with E-state index in [0.29, 0.717) is 5.92 Å². The van der Waals surface area contributed by atoms with Gasteiger partial charge in [-0.3, -0.25) is 9.80 Å². The van der Waals surface area contributed by atoms with Crippen molar-refractivity contribution >= 4 is 0 Å². The molecule has 2 saturated heterocycles. The molecule has 0 amide bonds. The minimum Gasteiger partial charge on any atom is -0.317 e. The van der Waals surface area contributed by atoms with Gasteiger partial charge in [0, 0.05) is 26.1 Å². The third kappa shape index (κ3) is 4.58. The van der Waals surface area contributed by atoms with Crippen LogP contribution in [0.2, 0.25) is 0 Å². The number of nitrogens with zero attached hydrogens (tertiary/aromatic N) is 5. The van der Waals surface area contributed by atoms with E-state index in [1.165, 1.54) is 68.7 Å². The predicted octanol–water partition coefficient (Wildman–Crippen LogP) is 3.49. The molecular formula is C22H33N5. The fraction of sp³-hybridized carbons (Fsp3) is 0.636. The van der Waals surface area contributed by atoms with Crippen LogP contribution in [-0.2, 0) is 20.1 Å². The van der Waals surface area contributed by atoms with Crippen molar-refractivity contribution in [1.29, 1.82) is 0 Å². The zero-order chi connectivity index (χ0) is 18.6. The lowest BCUT2D eigenvalue weighted by atomic mass is 9.96. The van der Waals surface area contributed by atoms with Crippen LogP contribution in [0.25, 0.3) is 0 Å². The second kappa shape index (κ2) is 8.53. The molecule has 0 N–H and O–H groups in total. The van der Waals surface area contributed by atoms with Crippen LogP contribution >= 0.6 is 0 Å². The van der Waals surface area contributed by atoms with Crippen molar-refractivity contribution in [3.05, 3.63) is 47.0 Å². The molecule has 2 aliphatic heterocycles. The van der Waals surface area contributed by atoms with Gasteiger partial charge in [0.05, 0.1) is 6.54 Å². The Morgan fingerprint density at radius 2 is 1.63 bits per heavy atom. The molecule has 2 aliphatic rings. The fourth-order valence-corrected chi connectivity index (χ4v) is 4.55. The highest BCUT2D eigenvalue weighted by atomic mass is 15.3. The molecule has 0 radical (unpaired) electrons. The first kappa shape index (κ1) is 18.6. The van der Waals surface area contributed by atoms with Crippen molar-refractivity contribution in [2.45, 2.75) is 58.0 Å². The van der Waals surface area contributed by atoms with Crippen molar-refractivity contribution in [3.63, 3.8) is 0 Å². The number of likely N-dealkylation sites (tertiary alicyclic amines) is 2. The number of rotatable bonds is 5. The molecule has 0 unspecified atom stereocenters. The van der Waals surface area contributed by atoms with Gasteiger partial charge in [-0.1, -0.05) is 36.2 Å². The summed E-state index contributed by atoms with van der Waals surface area (Å²) in [5.74, 6) is 2.80. The molecule has 27 heavy (non-hydrogen) atoms. The number of hydrogen-bond donors (Lipinski definition) is 0. The molecule has 1 aromatic carbocycles. The van der Waals surface area contributed by atoms with Gasteiger partial charge in [-0.05, 0) is 57.8 Å². The van der Waals surface area contributed by atoms with Gasteiger partial charge in [0.1, 0.15) is 11.6 Å². The smallest absolute Gasteiger partial charge is 0.146 e. The maximum atomic E-state index is 4.62. The summed E-state index contributed by atoms with van der Waals surface area (Å²) in [6.07, 6.45) is 6.48. The second-order valence-electron chi connectivity index (χ2n) is 8.43. The highest BCUT2D eigenvalue weighted by molar-refractivity contribution is 5.21. The molecule has 3 heterocycles. The molecule has 4 rings (SSSR count). The average Bonchev–Trinajstić information content (AvgIpc) is 3.05. The highest BCUT2D eigenvalue weighted by Crippen LogP contribution is 2.27. The number of aryl methyl sites for hydroxylation is 1. The second-order valence-corrected chi connectivity index (χ2v) is 8.43. The van der Waals surface area contributed by atoms with E-state index in [1.54, 1.807) is 0 Å². The number of benzene rings is 1. The fourth-order valence-electron chi connectivity index (χ4n) is 4.55. The molecule has 0 saturated carbocycles. The predicted molar refractivity (Wildman–Crippen MR) is 109 cm³/mol. The largest absolute Gasteiger partial charge is 0.317 e. The molecule has 0 bridgehead atoms. The third-order valence-electron chi connectivity index (χ3n) is 6.21. The van der Waals surface area contributed by atoms with Gasteiger partial charge >= 0.3 is 0 Å². The first-order chi connectivity index (χ1) is 13.2. The normalized spacial score (nSPS) is 22.2. The van der Waals surface area contributed by atoms with Crippen molar-refractivity contribution in [2.24, 2.45) is 7.05 Å². The summed E-state index contributed by atoms with van der Waals surface area (Å²) >= 11 is 0. The Hall–Kier alpha value is -1.72. The molecule has 0 aliphatic carbocycles. The Labute approximate surface area is 163 Å². The molecule has 5 nitrogen and oxygen atoms in total. The lowest BCUT2D eigenvalue weighted by molar-refractivity contribution is 0.194. The van der Waals surface area contributed by atoms with E-state index < -0.39 is 0 Å². The Balaban J connectivity index is 1.39. The number of hydrogen-bond acceptors (Lipinski definition) is 4. The van der Waals surface area contributed by atoms with Gasteiger partial charge in [0.25, 0.3) is 0 Å². The summed E-state index contributed by atoms with van der Waals surface area (Å²) in [5, 5.41) is 9.17. The standard InChI is InChI=1S/C22H33N5/c1-18-8-10-19(11-9-18)15-27-14-6-7-20(16-27)22-24-23-21(25(22)2)17-26-12-4-3-5-13-26/h8-11,20H,3-7,12-17H2,1-2H3/t20-/m0/s1. The summed E-state index contributed by atoms with van der Waals surface area (Å²) in [6, 6.07) is 8.95. The molecule has 2 fully saturated rings. The van der Waals surface area contributed by atoms with Crippen molar-refractivity contribution < 1.29 is 0 Å². The van der Waals surface area contributed by atoms with Gasteiger partial charge in [0.15, 0.2) is 0 Å². The molecule has 2 aromatic rings. The maximum Gasteiger partial charge on any atom is 0.146 e. The van der Waals surface area contributed by atoms with E-state index in [9.17, 15) is 0 Å². The highest BCUT2D eigenvalue weighted by Gasteiger charge is 2.26. The van der Waals surface area contributed by atoms with Crippen LogP contribution < -0.4 is 0 Å². The van der Waals surface area contributed by atoms with Gasteiger partial charge in [-0.25, -0.2) is 0 Å². The van der Waals surface area contributed by atoms with E-state index >= 15 is 0 Å². The Morgan fingerprint density at radius 1 is 0.889 bits per heavy atom. The van der Waals surface area contributed by atoms with Crippen LogP contribution in [0.4, 0.5) is 0 Å². The van der Waals surface area contributed by atoms with Crippen molar-refractivity contribution in [2.75, 3.05) is 26.2 Å². The minimum absolute atomic E-state index is 0.497. The van der Waals surface area contributed by atoms with E-state index in [2.05, 4.69) is 62.8 Å². The van der Waals surface area contributed by atoms with Crippen LogP contribution in [0.5, 0.6) is 0 Å². The SMILES string of the molecule is Cc1ccc(CN2CCC[C@H](c3nnc(CN4CCCCC4)n3C)C2)cc1. The lowest BCUT2D eigenvalue weighted by Crippen LogP contribution is -2.35. The topological polar surface area (TPSA) is 37.2 Å². The van der Waals surface area contributed by atoms with Crippen LogP contribution in [0, 0.1) is 6.92 Å². The molecule has 1 aromatic heterocycles. The molecule has 0 spiro atoms. The van der Waals surface area contributed by atoms with E-state index in [4.69, 9.17) is 0 Å². The molecular weight excluding hydrogens is 334 g/mol. The van der Waals surface area contributed by atoms with Gasteiger partial charge in [0.2, 0.25) is 0 Å². The zero-order valence-corrected chi connectivity index (χ0v) is 16.9. The molecule has 5 heteroatoms. The summed E-state index contributed by atoms with van der Waals surface area (Å²) in [7, 11) is 2.16. The molecule has 1 atom stereocenters. The van der Waals surface area contributed by atoms with Gasteiger partial charge < -0.3 is 4.57 Å². The third-order valence-corrected chi connectivity index (χ3v) is 6.21. The first-order valence-electron chi connectivity index (χ1n) is 10.6. The first-order valence-corrected chi connectivity index (χ1v) is 10.6.